The van der Waals surface area contributed by atoms with Gasteiger partial charge in [0, 0.05) is 18.3 Å². The van der Waals surface area contributed by atoms with Gasteiger partial charge in [-0.3, -0.25) is 4.79 Å². The minimum atomic E-state index is -0.219. The van der Waals surface area contributed by atoms with Gasteiger partial charge in [-0.25, -0.2) is 9.97 Å². The fourth-order valence-electron chi connectivity index (χ4n) is 3.45. The number of nitrogens with one attached hydrogen (secondary N) is 1. The van der Waals surface area contributed by atoms with Crippen molar-refractivity contribution in [1.82, 2.24) is 15.3 Å². The number of carbonyl (C=O) groups excluding carboxylic acids is 1. The Labute approximate surface area is 210 Å². The lowest BCUT2D eigenvalue weighted by molar-refractivity contribution is 0.0954. The van der Waals surface area contributed by atoms with Crippen LogP contribution in [0.2, 0.25) is 5.15 Å². The molecule has 0 bridgehead atoms. The Morgan fingerprint density at radius 2 is 2.15 bits per heavy atom. The highest BCUT2D eigenvalue weighted by Crippen LogP contribution is 2.38. The number of thiophene rings is 1. The van der Waals surface area contributed by atoms with E-state index in [4.69, 9.17) is 21.1 Å². The van der Waals surface area contributed by atoms with E-state index in [-0.39, 0.29) is 24.4 Å². The summed E-state index contributed by atoms with van der Waals surface area (Å²) in [6.45, 7) is 0.354. The molecule has 3 aromatic heterocycles. The molecule has 1 aromatic carbocycles. The van der Waals surface area contributed by atoms with Crippen LogP contribution in [0, 0.1) is 0 Å². The van der Waals surface area contributed by atoms with Crippen molar-refractivity contribution in [3.63, 3.8) is 0 Å². The Kier molecular flexibility index (Phi) is 7.49. The summed E-state index contributed by atoms with van der Waals surface area (Å²) in [7, 11) is 0. The van der Waals surface area contributed by atoms with E-state index in [9.17, 15) is 4.79 Å². The van der Waals surface area contributed by atoms with Crippen LogP contribution >= 0.6 is 46.7 Å². The Hall–Kier alpha value is -2.65. The van der Waals surface area contributed by atoms with Crippen molar-refractivity contribution < 1.29 is 14.3 Å². The number of pyridine rings is 1. The minimum absolute atomic E-state index is 0. The number of thiazole rings is 1. The first-order valence-corrected chi connectivity index (χ1v) is 12.1. The second-order valence-corrected chi connectivity index (χ2v) is 9.39. The molecule has 1 N–H and O–H groups in total. The molecular formula is C23H19Cl2N3O3S2. The number of benzene rings is 1. The Bertz CT molecular complexity index is 1250. The van der Waals surface area contributed by atoms with Crippen molar-refractivity contribution in [3.8, 4) is 16.7 Å². The van der Waals surface area contributed by atoms with Gasteiger partial charge in [-0.1, -0.05) is 22.9 Å². The van der Waals surface area contributed by atoms with Crippen molar-refractivity contribution in [2.24, 2.45) is 0 Å². The number of hydrogen-bond acceptors (Lipinski definition) is 7. The monoisotopic (exact) mass is 519 g/mol. The highest BCUT2D eigenvalue weighted by molar-refractivity contribution is 7.15. The molecule has 1 amide bonds. The summed E-state index contributed by atoms with van der Waals surface area (Å²) < 4.78 is 12.1. The first-order valence-electron chi connectivity index (χ1n) is 9.98. The summed E-state index contributed by atoms with van der Waals surface area (Å²) in [5.74, 6) is 1.34. The van der Waals surface area contributed by atoms with Gasteiger partial charge in [0.1, 0.15) is 27.6 Å². The molecule has 5 rings (SSSR count). The Morgan fingerprint density at radius 3 is 2.97 bits per heavy atom. The third-order valence-electron chi connectivity index (χ3n) is 5.05. The summed E-state index contributed by atoms with van der Waals surface area (Å²) in [4.78, 5) is 21.1. The van der Waals surface area contributed by atoms with Crippen LogP contribution in [0.4, 0.5) is 0 Å². The van der Waals surface area contributed by atoms with E-state index in [1.54, 1.807) is 29.7 Å². The van der Waals surface area contributed by atoms with E-state index in [2.05, 4.69) is 32.1 Å². The number of aryl methyl sites for hydroxylation is 1. The summed E-state index contributed by atoms with van der Waals surface area (Å²) in [5, 5.41) is 7.86. The summed E-state index contributed by atoms with van der Waals surface area (Å²) in [6.07, 6.45) is 5.06. The van der Waals surface area contributed by atoms with Gasteiger partial charge in [0.15, 0.2) is 0 Å². The maximum Gasteiger partial charge on any atom is 0.279 e. The van der Waals surface area contributed by atoms with Gasteiger partial charge in [0.25, 0.3) is 11.1 Å². The number of ether oxygens (including phenoxy) is 2. The van der Waals surface area contributed by atoms with Crippen molar-refractivity contribution in [1.29, 1.82) is 0 Å². The summed E-state index contributed by atoms with van der Waals surface area (Å²) >= 11 is 8.76. The third kappa shape index (κ3) is 5.65. The SMILES string of the molecule is Cl.O=C(NCc1ccnc(Cl)c1)c1cnc(Oc2ccc3c(c2)CCC(c2ccsc2)O3)s1. The molecule has 170 valence electrons. The number of rotatable bonds is 6. The summed E-state index contributed by atoms with van der Waals surface area (Å²) in [5.41, 5.74) is 3.21. The van der Waals surface area contributed by atoms with Crippen LogP contribution in [0.25, 0.3) is 0 Å². The largest absolute Gasteiger partial charge is 0.485 e. The zero-order chi connectivity index (χ0) is 21.9. The second-order valence-electron chi connectivity index (χ2n) is 7.23. The highest BCUT2D eigenvalue weighted by atomic mass is 35.5. The Balaban J connectivity index is 0.00000259. The fourth-order valence-corrected chi connectivity index (χ4v) is 5.05. The topological polar surface area (TPSA) is 73.3 Å². The molecule has 4 heterocycles. The van der Waals surface area contributed by atoms with Gasteiger partial charge in [-0.15, -0.1) is 12.4 Å². The van der Waals surface area contributed by atoms with E-state index < -0.39 is 0 Å². The molecule has 10 heteroatoms. The van der Waals surface area contributed by atoms with Crippen LogP contribution in [0.3, 0.4) is 0 Å². The Morgan fingerprint density at radius 1 is 1.24 bits per heavy atom. The quantitative estimate of drug-likeness (QED) is 0.295. The minimum Gasteiger partial charge on any atom is -0.485 e. The van der Waals surface area contributed by atoms with Crippen LogP contribution in [0.15, 0.2) is 59.6 Å². The smallest absolute Gasteiger partial charge is 0.279 e. The van der Waals surface area contributed by atoms with Crippen LogP contribution in [-0.2, 0) is 13.0 Å². The number of fused-ring (bicyclic) bond motifs is 1. The van der Waals surface area contributed by atoms with Crippen molar-refractivity contribution >= 4 is 52.6 Å². The molecule has 1 atom stereocenters. The second kappa shape index (κ2) is 10.5. The zero-order valence-electron chi connectivity index (χ0n) is 17.2. The number of amides is 1. The number of nitrogens with zero attached hydrogens (tertiary/aromatic N) is 2. The summed E-state index contributed by atoms with van der Waals surface area (Å²) in [6, 6.07) is 11.4. The lowest BCUT2D eigenvalue weighted by atomic mass is 9.99. The van der Waals surface area contributed by atoms with Crippen LogP contribution in [0.1, 0.15) is 38.9 Å². The van der Waals surface area contributed by atoms with Gasteiger partial charge in [0.05, 0.1) is 6.20 Å². The first kappa shape index (κ1) is 23.5. The molecule has 0 radical (unpaired) electrons. The van der Waals surface area contributed by atoms with Crippen LogP contribution in [0.5, 0.6) is 16.7 Å². The standard InChI is InChI=1S/C23H18ClN3O3S2.ClH/c24-21-9-14(5-7-25-21)11-26-22(28)20-12-27-23(32-20)29-17-2-4-18-15(10-17)1-3-19(30-18)16-6-8-31-13-16;/h2,4-10,12-13,19H,1,3,11H2,(H,26,28);1H. The normalized spacial score (nSPS) is 14.5. The van der Waals surface area contributed by atoms with E-state index in [1.165, 1.54) is 23.1 Å². The molecule has 6 nitrogen and oxygen atoms in total. The molecule has 1 unspecified atom stereocenters. The molecule has 1 aliphatic rings. The molecule has 33 heavy (non-hydrogen) atoms. The highest BCUT2D eigenvalue weighted by Gasteiger charge is 2.22. The van der Waals surface area contributed by atoms with E-state index in [0.717, 1.165) is 29.7 Å². The van der Waals surface area contributed by atoms with E-state index in [1.807, 2.05) is 18.2 Å². The molecule has 0 saturated carbocycles. The van der Waals surface area contributed by atoms with E-state index in [0.29, 0.717) is 27.5 Å². The number of hydrogen-bond donors (Lipinski definition) is 1. The van der Waals surface area contributed by atoms with Gasteiger partial charge in [-0.05, 0) is 71.1 Å². The number of carbonyl (C=O) groups is 1. The molecule has 1 aliphatic heterocycles. The molecule has 0 saturated heterocycles. The fraction of sp³-hybridized carbons (Fsp3) is 0.174. The van der Waals surface area contributed by atoms with Crippen molar-refractivity contribution in [2.45, 2.75) is 25.5 Å². The van der Waals surface area contributed by atoms with Gasteiger partial charge >= 0.3 is 0 Å². The van der Waals surface area contributed by atoms with Gasteiger partial charge in [-0.2, -0.15) is 11.3 Å². The van der Waals surface area contributed by atoms with Crippen molar-refractivity contribution in [2.75, 3.05) is 0 Å². The maximum absolute atomic E-state index is 12.4. The maximum atomic E-state index is 12.4. The van der Waals surface area contributed by atoms with Crippen molar-refractivity contribution in [3.05, 3.63) is 86.3 Å². The average Bonchev–Trinajstić information content (AvgIpc) is 3.50. The lowest BCUT2D eigenvalue weighted by Gasteiger charge is -2.26. The predicted octanol–water partition coefficient (Wildman–Crippen LogP) is 6.46. The lowest BCUT2D eigenvalue weighted by Crippen LogP contribution is -2.21. The van der Waals surface area contributed by atoms with E-state index >= 15 is 0 Å². The molecule has 4 aromatic rings. The average molecular weight is 520 g/mol. The number of aromatic nitrogens is 2. The zero-order valence-corrected chi connectivity index (χ0v) is 20.4. The van der Waals surface area contributed by atoms with Gasteiger partial charge < -0.3 is 14.8 Å². The number of halogens is 2. The van der Waals surface area contributed by atoms with Crippen LogP contribution < -0.4 is 14.8 Å². The molecular weight excluding hydrogens is 501 g/mol. The molecule has 0 fully saturated rings. The molecule has 0 aliphatic carbocycles. The first-order chi connectivity index (χ1) is 15.6. The van der Waals surface area contributed by atoms with Crippen LogP contribution in [-0.4, -0.2) is 15.9 Å². The van der Waals surface area contributed by atoms with Gasteiger partial charge in [0.2, 0.25) is 0 Å². The molecule has 0 spiro atoms. The predicted molar refractivity (Wildman–Crippen MR) is 132 cm³/mol. The third-order valence-corrected chi connectivity index (χ3v) is 6.83.